The zero-order valence-electron chi connectivity index (χ0n) is 5.94. The first-order chi connectivity index (χ1) is 4.86. The van der Waals surface area contributed by atoms with E-state index in [-0.39, 0.29) is 0 Å². The predicted molar refractivity (Wildman–Crippen MR) is 29.6 cm³/mol. The van der Waals surface area contributed by atoms with E-state index in [0.717, 1.165) is 0 Å². The number of halogens is 3. The molecule has 0 N–H and O–H groups in total. The molecule has 0 unspecified atom stereocenters. The molecule has 0 radical (unpaired) electrons. The third-order valence-electron chi connectivity index (χ3n) is 0.287. The van der Waals surface area contributed by atoms with Gasteiger partial charge in [0.05, 0.1) is 0 Å². The molecule has 0 fully saturated rings. The first-order valence-corrected chi connectivity index (χ1v) is 2.47. The number of ether oxygens (including phenoxy) is 1. The minimum Gasteiger partial charge on any atom is -0.394 e. The van der Waals surface area contributed by atoms with Gasteiger partial charge in [-0.1, -0.05) is 0 Å². The van der Waals surface area contributed by atoms with Crippen molar-refractivity contribution in [1.82, 2.24) is 0 Å². The molecule has 0 aromatic heterocycles. The van der Waals surface area contributed by atoms with Crippen LogP contribution in [0.15, 0.2) is 0 Å². The summed E-state index contributed by atoms with van der Waals surface area (Å²) >= 11 is 0. The molecule has 0 aliphatic heterocycles. The maximum atomic E-state index is 9.81. The predicted octanol–water partition coefficient (Wildman–Crippen LogP) is 1.27. The van der Waals surface area contributed by atoms with E-state index in [0.29, 0.717) is 0 Å². The molecule has 0 spiro atoms. The van der Waals surface area contributed by atoms with Crippen LogP contribution in [0.3, 0.4) is 0 Å². The van der Waals surface area contributed by atoms with E-state index < -0.39 is 18.6 Å². The van der Waals surface area contributed by atoms with Crippen molar-refractivity contribution in [2.75, 3.05) is 0 Å². The average Bonchev–Trinajstić information content (AvgIpc) is 1.56. The number of hydrogen-bond acceptors (Lipinski definition) is 3. The standard InChI is InChI=1S/C4H6O3.CHF3/c1-3(5)7-4(2)6;2-1(3)4/h1-2H3;1H. The number of hydrogen-bond donors (Lipinski definition) is 0. The van der Waals surface area contributed by atoms with Crippen molar-refractivity contribution in [2.24, 2.45) is 0 Å². The minimum atomic E-state index is -3.67. The first kappa shape index (κ1) is 12.6. The highest BCUT2D eigenvalue weighted by Gasteiger charge is 1.93. The number of carbonyl (C=O) groups is 2. The zero-order valence-corrected chi connectivity index (χ0v) is 5.94. The van der Waals surface area contributed by atoms with Crippen molar-refractivity contribution in [1.29, 1.82) is 0 Å². The van der Waals surface area contributed by atoms with Crippen molar-refractivity contribution in [3.05, 3.63) is 0 Å². The Bertz CT molecular complexity index is 120. The van der Waals surface area contributed by atoms with Crippen LogP contribution in [0.2, 0.25) is 0 Å². The Balaban J connectivity index is 0. The fourth-order valence-electron chi connectivity index (χ4n) is 0.202. The van der Waals surface area contributed by atoms with Gasteiger partial charge in [-0.15, -0.1) is 0 Å². The van der Waals surface area contributed by atoms with Gasteiger partial charge in [-0.25, -0.2) is 0 Å². The lowest BCUT2D eigenvalue weighted by atomic mass is 10.7. The van der Waals surface area contributed by atoms with Crippen LogP contribution in [0.5, 0.6) is 0 Å². The number of alkyl halides is 3. The highest BCUT2D eigenvalue weighted by molar-refractivity contribution is 5.82. The van der Waals surface area contributed by atoms with Gasteiger partial charge in [0.2, 0.25) is 0 Å². The Kier molecular flexibility index (Phi) is 8.06. The summed E-state index contributed by atoms with van der Waals surface area (Å²) in [4.78, 5) is 19.6. The summed E-state index contributed by atoms with van der Waals surface area (Å²) in [5.74, 6) is -1.12. The van der Waals surface area contributed by atoms with E-state index in [2.05, 4.69) is 4.74 Å². The molecule has 0 atom stereocenters. The van der Waals surface area contributed by atoms with Gasteiger partial charge >= 0.3 is 18.6 Å². The van der Waals surface area contributed by atoms with E-state index in [1.807, 2.05) is 0 Å². The Morgan fingerprint density at radius 3 is 1.27 bits per heavy atom. The molecule has 0 aromatic rings. The van der Waals surface area contributed by atoms with E-state index in [9.17, 15) is 22.8 Å². The van der Waals surface area contributed by atoms with Crippen LogP contribution < -0.4 is 0 Å². The molecule has 0 aromatic carbocycles. The second kappa shape index (κ2) is 7.04. The molecule has 0 heterocycles. The molecular formula is C5H7F3O3. The van der Waals surface area contributed by atoms with Crippen molar-refractivity contribution in [2.45, 2.75) is 20.5 Å². The topological polar surface area (TPSA) is 43.4 Å². The lowest BCUT2D eigenvalue weighted by molar-refractivity contribution is -0.156. The van der Waals surface area contributed by atoms with E-state index >= 15 is 0 Å². The molecule has 66 valence electrons. The summed E-state index contributed by atoms with van der Waals surface area (Å²) in [6.45, 7) is -1.30. The largest absolute Gasteiger partial charge is 0.394 e. The number of esters is 2. The Morgan fingerprint density at radius 1 is 1.09 bits per heavy atom. The molecule has 6 heteroatoms. The highest BCUT2D eigenvalue weighted by atomic mass is 19.4. The summed E-state index contributed by atoms with van der Waals surface area (Å²) in [6, 6.07) is 0. The molecule has 0 bridgehead atoms. The van der Waals surface area contributed by atoms with Gasteiger partial charge in [-0.05, 0) is 0 Å². The van der Waals surface area contributed by atoms with Gasteiger partial charge in [0.1, 0.15) is 0 Å². The van der Waals surface area contributed by atoms with Crippen molar-refractivity contribution in [3.8, 4) is 0 Å². The van der Waals surface area contributed by atoms with Crippen LogP contribution in [0.25, 0.3) is 0 Å². The molecule has 0 amide bonds. The lowest BCUT2D eigenvalue weighted by Crippen LogP contribution is -2.03. The summed E-state index contributed by atoms with van der Waals surface area (Å²) in [5, 5.41) is 0. The fourth-order valence-corrected chi connectivity index (χ4v) is 0.202. The zero-order chi connectivity index (χ0) is 9.44. The van der Waals surface area contributed by atoms with Crippen molar-refractivity contribution < 1.29 is 27.5 Å². The highest BCUT2D eigenvalue weighted by Crippen LogP contribution is 1.87. The molecule has 3 nitrogen and oxygen atoms in total. The molecular weight excluding hydrogens is 165 g/mol. The molecule has 0 aliphatic carbocycles. The number of carbonyl (C=O) groups excluding carboxylic acids is 2. The van der Waals surface area contributed by atoms with Crippen molar-refractivity contribution >= 4 is 11.9 Å². The van der Waals surface area contributed by atoms with Crippen LogP contribution in [-0.2, 0) is 14.3 Å². The Hall–Kier alpha value is -1.07. The van der Waals surface area contributed by atoms with Crippen LogP contribution in [0, 0.1) is 0 Å². The van der Waals surface area contributed by atoms with Gasteiger partial charge in [-0.2, -0.15) is 13.2 Å². The second-order valence-electron chi connectivity index (χ2n) is 1.33. The van der Waals surface area contributed by atoms with E-state index in [1.165, 1.54) is 13.8 Å². The summed E-state index contributed by atoms with van der Waals surface area (Å²) in [6.07, 6.45) is 0. The Labute approximate surface area is 61.1 Å². The maximum Gasteiger partial charge on any atom is 0.379 e. The third-order valence-corrected chi connectivity index (χ3v) is 0.287. The molecule has 0 aliphatic rings. The monoisotopic (exact) mass is 172 g/mol. The molecule has 0 rings (SSSR count). The molecule has 0 saturated carbocycles. The van der Waals surface area contributed by atoms with Gasteiger partial charge in [0.15, 0.2) is 0 Å². The Morgan fingerprint density at radius 2 is 1.27 bits per heavy atom. The fraction of sp³-hybridized carbons (Fsp3) is 0.600. The smallest absolute Gasteiger partial charge is 0.379 e. The van der Waals surface area contributed by atoms with Gasteiger partial charge < -0.3 is 4.74 Å². The van der Waals surface area contributed by atoms with Crippen LogP contribution in [0.4, 0.5) is 13.2 Å². The van der Waals surface area contributed by atoms with E-state index in [1.54, 1.807) is 0 Å². The van der Waals surface area contributed by atoms with Crippen LogP contribution in [0.1, 0.15) is 13.8 Å². The maximum absolute atomic E-state index is 9.81. The number of rotatable bonds is 0. The van der Waals surface area contributed by atoms with Crippen LogP contribution in [-0.4, -0.2) is 18.6 Å². The van der Waals surface area contributed by atoms with Crippen LogP contribution >= 0.6 is 0 Å². The molecule has 0 saturated heterocycles. The van der Waals surface area contributed by atoms with Gasteiger partial charge in [0.25, 0.3) is 0 Å². The SMILES string of the molecule is CC(=O)OC(C)=O.FC(F)F. The van der Waals surface area contributed by atoms with Crippen molar-refractivity contribution in [3.63, 3.8) is 0 Å². The summed E-state index contributed by atoms with van der Waals surface area (Å²) in [7, 11) is 0. The van der Waals surface area contributed by atoms with Gasteiger partial charge in [0, 0.05) is 13.8 Å². The third kappa shape index (κ3) is 50.0. The first-order valence-electron chi connectivity index (χ1n) is 2.47. The summed E-state index contributed by atoms with van der Waals surface area (Å²) in [5.41, 5.74) is 0. The second-order valence-corrected chi connectivity index (χ2v) is 1.33. The summed E-state index contributed by atoms with van der Waals surface area (Å²) < 4.78 is 33.0. The minimum absolute atomic E-state index is 0.562. The quantitative estimate of drug-likeness (QED) is 0.408. The van der Waals surface area contributed by atoms with Gasteiger partial charge in [-0.3, -0.25) is 9.59 Å². The average molecular weight is 172 g/mol. The lowest BCUT2D eigenvalue weighted by Gasteiger charge is -1.87. The van der Waals surface area contributed by atoms with E-state index in [4.69, 9.17) is 0 Å². The molecule has 11 heavy (non-hydrogen) atoms. The normalized spacial score (nSPS) is 8.18.